The number of carbonyl (C=O) groups is 1. The van der Waals surface area contributed by atoms with Crippen molar-refractivity contribution in [1.29, 1.82) is 0 Å². The lowest BCUT2D eigenvalue weighted by molar-refractivity contribution is 0.0985. The molecule has 1 heterocycles. The van der Waals surface area contributed by atoms with E-state index in [1.165, 1.54) is 27.8 Å². The maximum absolute atomic E-state index is 13.5. The highest BCUT2D eigenvalue weighted by Gasteiger charge is 2.24. The third-order valence-electron chi connectivity index (χ3n) is 5.54. The van der Waals surface area contributed by atoms with Gasteiger partial charge in [-0.2, -0.15) is 0 Å². The number of fused-ring (bicyclic) bond motifs is 1. The first-order chi connectivity index (χ1) is 16.7. The quantitative estimate of drug-likeness (QED) is 0.321. The van der Waals surface area contributed by atoms with Gasteiger partial charge in [-0.1, -0.05) is 24.7 Å². The number of rotatable bonds is 12. The van der Waals surface area contributed by atoms with Crippen LogP contribution in [0.15, 0.2) is 47.4 Å². The number of amides is 1. The van der Waals surface area contributed by atoms with Crippen LogP contribution in [0.3, 0.4) is 0 Å². The molecular weight excluding hydrogens is 520 g/mol. The highest BCUT2D eigenvalue weighted by atomic mass is 35.5. The second-order valence-corrected chi connectivity index (χ2v) is 11.6. The smallest absolute Gasteiger partial charge is 0.260 e. The molecule has 0 bridgehead atoms. The molecule has 198 valence electrons. The van der Waals surface area contributed by atoms with Crippen molar-refractivity contribution in [2.24, 2.45) is 0 Å². The van der Waals surface area contributed by atoms with Gasteiger partial charge in [0.05, 0.1) is 21.7 Å². The summed E-state index contributed by atoms with van der Waals surface area (Å²) in [5.41, 5.74) is 1.21. The Hall–Kier alpha value is -2.24. The summed E-state index contributed by atoms with van der Waals surface area (Å²) in [5, 5.41) is 0.594. The van der Waals surface area contributed by atoms with Gasteiger partial charge in [0.15, 0.2) is 5.13 Å². The molecule has 36 heavy (non-hydrogen) atoms. The minimum Gasteiger partial charge on any atom is -0.494 e. The van der Waals surface area contributed by atoms with E-state index < -0.39 is 10.0 Å². The molecule has 11 heteroatoms. The molecule has 1 amide bonds. The van der Waals surface area contributed by atoms with Crippen LogP contribution in [-0.4, -0.2) is 75.9 Å². The molecule has 8 nitrogen and oxygen atoms in total. The number of hydrogen-bond acceptors (Lipinski definition) is 7. The van der Waals surface area contributed by atoms with Gasteiger partial charge < -0.3 is 9.64 Å². The standard InChI is InChI=1S/C25H34N4O4S2.ClH/c1-6-8-15-28(5)35(31,32)21-12-9-19(10-13-21)24(30)29(17-16-27(3)4)25-26-22-14-11-20(33-7-2)18-23(22)34-25;/h9-14,18H,6-8,15-17H2,1-5H3;1H. The number of carbonyl (C=O) groups excluding carboxylic acids is 1. The molecule has 0 aliphatic rings. The maximum atomic E-state index is 13.5. The summed E-state index contributed by atoms with van der Waals surface area (Å²) < 4.78 is 33.6. The van der Waals surface area contributed by atoms with Gasteiger partial charge >= 0.3 is 0 Å². The Morgan fingerprint density at radius 2 is 1.69 bits per heavy atom. The number of sulfonamides is 1. The van der Waals surface area contributed by atoms with Crippen molar-refractivity contribution < 1.29 is 17.9 Å². The van der Waals surface area contributed by atoms with Crippen LogP contribution in [0.5, 0.6) is 5.75 Å². The molecule has 0 fully saturated rings. The van der Waals surface area contributed by atoms with Crippen LogP contribution in [0.25, 0.3) is 10.2 Å². The number of anilines is 1. The highest BCUT2D eigenvalue weighted by molar-refractivity contribution is 7.89. The number of hydrogen-bond donors (Lipinski definition) is 0. The predicted octanol–water partition coefficient (Wildman–Crippen LogP) is 4.75. The number of aromatic nitrogens is 1. The highest BCUT2D eigenvalue weighted by Crippen LogP contribution is 2.32. The fourth-order valence-corrected chi connectivity index (χ4v) is 5.68. The number of thiazole rings is 1. The van der Waals surface area contributed by atoms with Gasteiger partial charge in [-0.05, 0) is 69.9 Å². The number of nitrogens with zero attached hydrogens (tertiary/aromatic N) is 4. The average molecular weight is 555 g/mol. The largest absolute Gasteiger partial charge is 0.494 e. The van der Waals surface area contributed by atoms with E-state index in [-0.39, 0.29) is 23.2 Å². The first-order valence-corrected chi connectivity index (χ1v) is 14.0. The molecular formula is C25H35ClN4O4S2. The fraction of sp³-hybridized carbons (Fsp3) is 0.440. The summed E-state index contributed by atoms with van der Waals surface area (Å²) in [4.78, 5) is 22.1. The van der Waals surface area contributed by atoms with E-state index in [0.29, 0.717) is 36.9 Å². The van der Waals surface area contributed by atoms with Gasteiger partial charge in [0.1, 0.15) is 5.75 Å². The molecule has 0 spiro atoms. The van der Waals surface area contributed by atoms with Crippen molar-refractivity contribution in [3.8, 4) is 5.75 Å². The molecule has 0 aliphatic carbocycles. The zero-order valence-corrected chi connectivity index (χ0v) is 23.9. The molecule has 0 radical (unpaired) electrons. The molecule has 0 saturated heterocycles. The van der Waals surface area contributed by atoms with Crippen LogP contribution >= 0.6 is 23.7 Å². The van der Waals surface area contributed by atoms with Crippen molar-refractivity contribution in [2.75, 3.05) is 52.3 Å². The molecule has 0 saturated carbocycles. The van der Waals surface area contributed by atoms with Crippen LogP contribution in [0.4, 0.5) is 5.13 Å². The zero-order chi connectivity index (χ0) is 25.6. The third kappa shape index (κ3) is 7.17. The van der Waals surface area contributed by atoms with Crippen molar-refractivity contribution in [1.82, 2.24) is 14.2 Å². The molecule has 0 unspecified atom stereocenters. The number of unbranched alkanes of at least 4 members (excludes halogenated alkanes) is 1. The van der Waals surface area contributed by atoms with Crippen LogP contribution in [0.2, 0.25) is 0 Å². The lowest BCUT2D eigenvalue weighted by Gasteiger charge is -2.22. The van der Waals surface area contributed by atoms with E-state index in [1.807, 2.05) is 51.0 Å². The Labute approximate surface area is 224 Å². The summed E-state index contributed by atoms with van der Waals surface area (Å²) >= 11 is 1.43. The SMILES string of the molecule is CCCCN(C)S(=O)(=O)c1ccc(C(=O)N(CCN(C)C)c2nc3ccc(OCC)cc3s2)cc1.Cl. The fourth-order valence-electron chi connectivity index (χ4n) is 3.45. The van der Waals surface area contributed by atoms with E-state index in [1.54, 1.807) is 24.1 Å². The van der Waals surface area contributed by atoms with E-state index in [9.17, 15) is 13.2 Å². The zero-order valence-electron chi connectivity index (χ0n) is 21.4. The predicted molar refractivity (Wildman–Crippen MR) is 149 cm³/mol. The Kier molecular flexibility index (Phi) is 11.1. The number of likely N-dealkylation sites (N-methyl/N-ethyl adjacent to an activating group) is 1. The van der Waals surface area contributed by atoms with Gasteiger partial charge in [-0.3, -0.25) is 9.69 Å². The number of benzene rings is 2. The average Bonchev–Trinajstić information content (AvgIpc) is 3.25. The van der Waals surface area contributed by atoms with Gasteiger partial charge in [-0.25, -0.2) is 17.7 Å². The topological polar surface area (TPSA) is 83.1 Å². The van der Waals surface area contributed by atoms with Crippen molar-refractivity contribution in [3.05, 3.63) is 48.0 Å². The Morgan fingerprint density at radius 1 is 1.00 bits per heavy atom. The second-order valence-electron chi connectivity index (χ2n) is 8.52. The lowest BCUT2D eigenvalue weighted by atomic mass is 10.2. The summed E-state index contributed by atoms with van der Waals surface area (Å²) in [6.07, 6.45) is 1.70. The van der Waals surface area contributed by atoms with Gasteiger partial charge in [-0.15, -0.1) is 12.4 Å². The summed E-state index contributed by atoms with van der Waals surface area (Å²) in [7, 11) is 1.88. The van der Waals surface area contributed by atoms with E-state index in [0.717, 1.165) is 28.8 Å². The van der Waals surface area contributed by atoms with Crippen LogP contribution < -0.4 is 9.64 Å². The van der Waals surface area contributed by atoms with Gasteiger partial charge in [0.2, 0.25) is 10.0 Å². The lowest BCUT2D eigenvalue weighted by Crippen LogP contribution is -2.36. The molecule has 3 rings (SSSR count). The summed E-state index contributed by atoms with van der Waals surface area (Å²) in [5.74, 6) is 0.543. The Morgan fingerprint density at radius 3 is 2.31 bits per heavy atom. The minimum atomic E-state index is -3.59. The number of ether oxygens (including phenoxy) is 1. The third-order valence-corrected chi connectivity index (χ3v) is 8.45. The molecule has 0 aliphatic heterocycles. The minimum absolute atomic E-state index is 0. The van der Waals surface area contributed by atoms with Crippen LogP contribution in [-0.2, 0) is 10.0 Å². The maximum Gasteiger partial charge on any atom is 0.260 e. The first-order valence-electron chi connectivity index (χ1n) is 11.7. The number of halogens is 1. The van der Waals surface area contributed by atoms with E-state index in [2.05, 4.69) is 0 Å². The van der Waals surface area contributed by atoms with E-state index >= 15 is 0 Å². The van der Waals surface area contributed by atoms with Crippen LogP contribution in [0.1, 0.15) is 37.0 Å². The molecule has 3 aromatic rings. The molecule has 0 N–H and O–H groups in total. The molecule has 1 aromatic heterocycles. The monoisotopic (exact) mass is 554 g/mol. The summed E-state index contributed by atoms with van der Waals surface area (Å²) in [6.45, 7) is 6.09. The Balaban J connectivity index is 0.00000456. The van der Waals surface area contributed by atoms with Crippen molar-refractivity contribution in [2.45, 2.75) is 31.6 Å². The molecule has 0 atom stereocenters. The molecule has 2 aromatic carbocycles. The van der Waals surface area contributed by atoms with Crippen LogP contribution in [0, 0.1) is 0 Å². The van der Waals surface area contributed by atoms with Crippen molar-refractivity contribution in [3.63, 3.8) is 0 Å². The first kappa shape index (κ1) is 30.0. The van der Waals surface area contributed by atoms with E-state index in [4.69, 9.17) is 9.72 Å². The second kappa shape index (κ2) is 13.3. The Bertz CT molecular complexity index is 1250. The van der Waals surface area contributed by atoms with Gasteiger partial charge in [0, 0.05) is 32.2 Å². The van der Waals surface area contributed by atoms with Gasteiger partial charge in [0.25, 0.3) is 5.91 Å². The normalized spacial score (nSPS) is 11.6. The summed E-state index contributed by atoms with van der Waals surface area (Å²) in [6, 6.07) is 11.9. The van der Waals surface area contributed by atoms with Crippen molar-refractivity contribution >= 4 is 55.0 Å².